The van der Waals surface area contributed by atoms with Crippen LogP contribution in [0.5, 0.6) is 0 Å². The van der Waals surface area contributed by atoms with Crippen LogP contribution in [0.3, 0.4) is 0 Å². The lowest BCUT2D eigenvalue weighted by Gasteiger charge is -2.04. The highest BCUT2D eigenvalue weighted by atomic mass is 14.9. The minimum absolute atomic E-state index is 0.526. The van der Waals surface area contributed by atoms with Crippen LogP contribution >= 0.6 is 0 Å². The lowest BCUT2D eigenvalue weighted by molar-refractivity contribution is 1.04. The first-order valence-corrected chi connectivity index (χ1v) is 4.70. The molecule has 0 aliphatic rings. The first-order valence-electron chi connectivity index (χ1n) is 4.70. The summed E-state index contributed by atoms with van der Waals surface area (Å²) in [6, 6.07) is 9.49. The lowest BCUT2D eigenvalue weighted by atomic mass is 10.3. The molecule has 0 saturated heterocycles. The number of anilines is 2. The molecule has 2 aromatic rings. The molecule has 0 radical (unpaired) electrons. The molecule has 76 valence electrons. The minimum Gasteiger partial charge on any atom is -0.384 e. The van der Waals surface area contributed by atoms with Crippen LogP contribution in [0.25, 0.3) is 0 Å². The van der Waals surface area contributed by atoms with Crippen LogP contribution < -0.4 is 11.1 Å². The summed E-state index contributed by atoms with van der Waals surface area (Å²) in [4.78, 5) is 8.19. The van der Waals surface area contributed by atoms with Crippen LogP contribution in [0.2, 0.25) is 0 Å². The number of aromatic nitrogens is 2. The molecule has 3 N–H and O–H groups in total. The maximum Gasteiger partial charge on any atom is 0.123 e. The molecule has 2 rings (SSSR count). The highest BCUT2D eigenvalue weighted by Crippen LogP contribution is 2.08. The number of nitrogens with one attached hydrogen (secondary N) is 1. The third kappa shape index (κ3) is 2.67. The van der Waals surface area contributed by atoms with Crippen molar-refractivity contribution in [2.24, 2.45) is 0 Å². The molecule has 0 spiro atoms. The van der Waals surface area contributed by atoms with Crippen molar-refractivity contribution in [2.45, 2.75) is 6.54 Å². The Bertz CT molecular complexity index is 410. The Morgan fingerprint density at radius 1 is 1.13 bits per heavy atom. The third-order valence-electron chi connectivity index (χ3n) is 1.99. The van der Waals surface area contributed by atoms with Gasteiger partial charge in [-0.05, 0) is 24.3 Å². The van der Waals surface area contributed by atoms with Gasteiger partial charge in [0.1, 0.15) is 5.82 Å². The molecular formula is C11H12N4. The molecule has 4 heteroatoms. The van der Waals surface area contributed by atoms with E-state index in [1.165, 1.54) is 0 Å². The maximum atomic E-state index is 5.48. The monoisotopic (exact) mass is 200 g/mol. The van der Waals surface area contributed by atoms with Crippen LogP contribution in [0.1, 0.15) is 5.69 Å². The van der Waals surface area contributed by atoms with Crippen LogP contribution in [-0.2, 0) is 6.54 Å². The molecule has 0 atom stereocenters. The maximum absolute atomic E-state index is 5.48. The average Bonchev–Trinajstić information content (AvgIpc) is 2.30. The molecule has 0 amide bonds. The minimum atomic E-state index is 0.526. The Morgan fingerprint density at radius 3 is 2.73 bits per heavy atom. The molecule has 15 heavy (non-hydrogen) atoms. The number of nitrogens with zero attached hydrogens (tertiary/aromatic N) is 2. The van der Waals surface area contributed by atoms with Crippen molar-refractivity contribution in [3.05, 3.63) is 48.4 Å². The summed E-state index contributed by atoms with van der Waals surface area (Å²) in [5.74, 6) is 0.526. The number of hydrogen-bond donors (Lipinski definition) is 2. The summed E-state index contributed by atoms with van der Waals surface area (Å²) in [6.07, 6.45) is 3.48. The van der Waals surface area contributed by atoms with E-state index >= 15 is 0 Å². The molecule has 0 aliphatic carbocycles. The fourth-order valence-corrected chi connectivity index (χ4v) is 1.21. The first kappa shape index (κ1) is 9.45. The van der Waals surface area contributed by atoms with Gasteiger partial charge in [0.25, 0.3) is 0 Å². The lowest BCUT2D eigenvalue weighted by Crippen LogP contribution is -2.01. The van der Waals surface area contributed by atoms with Gasteiger partial charge in [-0.1, -0.05) is 6.07 Å². The smallest absolute Gasteiger partial charge is 0.123 e. The van der Waals surface area contributed by atoms with Gasteiger partial charge in [0.2, 0.25) is 0 Å². The Kier molecular flexibility index (Phi) is 2.78. The van der Waals surface area contributed by atoms with E-state index in [0.29, 0.717) is 12.4 Å². The summed E-state index contributed by atoms with van der Waals surface area (Å²) < 4.78 is 0. The van der Waals surface area contributed by atoms with Gasteiger partial charge in [-0.2, -0.15) is 0 Å². The number of hydrogen-bond acceptors (Lipinski definition) is 4. The molecule has 0 unspecified atom stereocenters. The van der Waals surface area contributed by atoms with E-state index in [4.69, 9.17) is 5.73 Å². The van der Waals surface area contributed by atoms with E-state index in [2.05, 4.69) is 15.3 Å². The zero-order valence-electron chi connectivity index (χ0n) is 8.22. The topological polar surface area (TPSA) is 63.8 Å². The van der Waals surface area contributed by atoms with Gasteiger partial charge >= 0.3 is 0 Å². The van der Waals surface area contributed by atoms with E-state index in [0.717, 1.165) is 11.4 Å². The second-order valence-electron chi connectivity index (χ2n) is 3.15. The Labute approximate surface area is 88.2 Å². The predicted molar refractivity (Wildman–Crippen MR) is 60.2 cm³/mol. The number of rotatable bonds is 3. The van der Waals surface area contributed by atoms with Gasteiger partial charge in [0, 0.05) is 6.20 Å². The van der Waals surface area contributed by atoms with Crippen molar-refractivity contribution in [2.75, 3.05) is 11.1 Å². The van der Waals surface area contributed by atoms with Crippen molar-refractivity contribution >= 4 is 11.5 Å². The molecule has 2 aromatic heterocycles. The number of nitrogens with two attached hydrogens (primary N) is 1. The molecule has 0 fully saturated rings. The summed E-state index contributed by atoms with van der Waals surface area (Å²) in [6.45, 7) is 0.687. The predicted octanol–water partition coefficient (Wildman–Crippen LogP) is 1.67. The van der Waals surface area contributed by atoms with E-state index in [1.54, 1.807) is 18.5 Å². The molecule has 0 bridgehead atoms. The Hall–Kier alpha value is -2.10. The number of nitrogen functional groups attached to an aromatic ring is 1. The normalized spacial score (nSPS) is 9.87. The third-order valence-corrected chi connectivity index (χ3v) is 1.99. The number of pyridine rings is 2. The Balaban J connectivity index is 1.96. The standard InChI is InChI=1S/C11H12N4/c12-11-5-4-10(8-15-11)14-7-9-3-1-2-6-13-9/h1-6,8,14H,7H2,(H2,12,15). The van der Waals surface area contributed by atoms with Gasteiger partial charge < -0.3 is 11.1 Å². The summed E-state index contributed by atoms with van der Waals surface area (Å²) in [7, 11) is 0. The fraction of sp³-hybridized carbons (Fsp3) is 0.0909. The van der Waals surface area contributed by atoms with Crippen molar-refractivity contribution in [1.29, 1.82) is 0 Å². The van der Waals surface area contributed by atoms with Gasteiger partial charge in [-0.25, -0.2) is 4.98 Å². The van der Waals surface area contributed by atoms with Gasteiger partial charge in [0.05, 0.1) is 24.1 Å². The fourth-order valence-electron chi connectivity index (χ4n) is 1.21. The zero-order valence-corrected chi connectivity index (χ0v) is 8.22. The molecule has 0 saturated carbocycles. The largest absolute Gasteiger partial charge is 0.384 e. The van der Waals surface area contributed by atoms with E-state index in [9.17, 15) is 0 Å². The van der Waals surface area contributed by atoms with Crippen molar-refractivity contribution in [3.63, 3.8) is 0 Å². The molecule has 2 heterocycles. The van der Waals surface area contributed by atoms with Crippen molar-refractivity contribution in [1.82, 2.24) is 9.97 Å². The Morgan fingerprint density at radius 2 is 2.07 bits per heavy atom. The summed E-state index contributed by atoms with van der Waals surface area (Å²) >= 11 is 0. The van der Waals surface area contributed by atoms with Crippen LogP contribution in [0.15, 0.2) is 42.7 Å². The molecular weight excluding hydrogens is 188 g/mol. The summed E-state index contributed by atoms with van der Waals surface area (Å²) in [5, 5.41) is 3.21. The SMILES string of the molecule is Nc1ccc(NCc2ccccn2)cn1. The van der Waals surface area contributed by atoms with Gasteiger partial charge in [-0.3, -0.25) is 4.98 Å². The molecule has 0 aromatic carbocycles. The molecule has 4 nitrogen and oxygen atoms in total. The second kappa shape index (κ2) is 4.41. The highest BCUT2D eigenvalue weighted by molar-refractivity contribution is 5.45. The van der Waals surface area contributed by atoms with Crippen molar-refractivity contribution < 1.29 is 0 Å². The van der Waals surface area contributed by atoms with Gasteiger partial charge in [0.15, 0.2) is 0 Å². The molecule has 0 aliphatic heterocycles. The van der Waals surface area contributed by atoms with Crippen LogP contribution in [0.4, 0.5) is 11.5 Å². The van der Waals surface area contributed by atoms with Crippen molar-refractivity contribution in [3.8, 4) is 0 Å². The quantitative estimate of drug-likeness (QED) is 0.791. The van der Waals surface area contributed by atoms with Crippen LogP contribution in [0, 0.1) is 0 Å². The average molecular weight is 200 g/mol. The second-order valence-corrected chi connectivity index (χ2v) is 3.15. The van der Waals surface area contributed by atoms with Crippen LogP contribution in [-0.4, -0.2) is 9.97 Å². The van der Waals surface area contributed by atoms with E-state index in [1.807, 2.05) is 24.3 Å². The zero-order chi connectivity index (χ0) is 10.5. The van der Waals surface area contributed by atoms with E-state index < -0.39 is 0 Å². The first-order chi connectivity index (χ1) is 7.34. The highest BCUT2D eigenvalue weighted by Gasteiger charge is 1.94. The van der Waals surface area contributed by atoms with Gasteiger partial charge in [-0.15, -0.1) is 0 Å². The summed E-state index contributed by atoms with van der Waals surface area (Å²) in [5.41, 5.74) is 7.42. The van der Waals surface area contributed by atoms with E-state index in [-0.39, 0.29) is 0 Å².